The highest BCUT2D eigenvalue weighted by Crippen LogP contribution is 2.36. The molecule has 218 valence electrons. The van der Waals surface area contributed by atoms with Gasteiger partial charge < -0.3 is 25.5 Å². The molecule has 4 N–H and O–H groups in total. The molecule has 0 spiro atoms. The van der Waals surface area contributed by atoms with E-state index in [1.807, 2.05) is 41.4 Å². The molecular weight excluding hydrogens is 546 g/mol. The highest BCUT2D eigenvalue weighted by Gasteiger charge is 2.33. The van der Waals surface area contributed by atoms with Crippen molar-refractivity contribution >= 4 is 46.0 Å². The van der Waals surface area contributed by atoms with E-state index in [0.29, 0.717) is 25.4 Å². The number of amides is 2. The van der Waals surface area contributed by atoms with Crippen LogP contribution >= 0.6 is 12.4 Å². The van der Waals surface area contributed by atoms with Crippen LogP contribution in [0.3, 0.4) is 0 Å². The molecule has 2 amide bonds. The minimum absolute atomic E-state index is 0. The van der Waals surface area contributed by atoms with Crippen LogP contribution < -0.4 is 11.1 Å². The van der Waals surface area contributed by atoms with Gasteiger partial charge in [-0.15, -0.1) is 12.4 Å². The monoisotopic (exact) mass is 583 g/mol. The summed E-state index contributed by atoms with van der Waals surface area (Å²) in [4.78, 5) is 32.0. The molecule has 1 aliphatic rings. The molecule has 1 aliphatic heterocycles. The molecule has 0 saturated carbocycles. The summed E-state index contributed by atoms with van der Waals surface area (Å²) < 4.78 is 2.27. The van der Waals surface area contributed by atoms with Gasteiger partial charge in [-0.05, 0) is 68.0 Å². The Bertz CT molecular complexity index is 1690. The van der Waals surface area contributed by atoms with Gasteiger partial charge in [-0.2, -0.15) is 0 Å². The standard InChI is InChI=1S/C34H37N5O2.ClH/c1-34(2,35)33(41)37-30(20-24-21-36-29-14-8-6-12-26(24)29)32(40)38-18-16-23(17-19-38)28-22-39(25-10-4-3-5-11-25)31-15-9-7-13-27(28)31;/h3-15,21-23,30,36H,16-20,35H2,1-2H3,(H,37,41);1H/t30-;/m1./s1. The fraction of sp³-hybridized carbons (Fsp3) is 0.294. The van der Waals surface area contributed by atoms with Gasteiger partial charge in [-0.25, -0.2) is 0 Å². The van der Waals surface area contributed by atoms with Crippen molar-refractivity contribution in [3.8, 4) is 5.69 Å². The first-order valence-corrected chi connectivity index (χ1v) is 14.4. The first kappa shape index (κ1) is 29.4. The average Bonchev–Trinajstić information content (AvgIpc) is 3.58. The second-order valence-electron chi connectivity index (χ2n) is 11.7. The number of aromatic amines is 1. The number of hydrogen-bond acceptors (Lipinski definition) is 3. The molecule has 1 saturated heterocycles. The fourth-order valence-electron chi connectivity index (χ4n) is 6.03. The van der Waals surface area contributed by atoms with Crippen LogP contribution in [0, 0.1) is 0 Å². The summed E-state index contributed by atoms with van der Waals surface area (Å²) in [5, 5.41) is 5.29. The number of carbonyl (C=O) groups excluding carboxylic acids is 2. The number of piperidine rings is 1. The molecular formula is C34H38ClN5O2. The summed E-state index contributed by atoms with van der Waals surface area (Å²) in [5.74, 6) is -0.0455. The minimum atomic E-state index is -1.08. The van der Waals surface area contributed by atoms with Crippen molar-refractivity contribution in [3.05, 3.63) is 102 Å². The highest BCUT2D eigenvalue weighted by molar-refractivity contribution is 5.93. The van der Waals surface area contributed by atoms with Gasteiger partial charge in [0.05, 0.1) is 11.1 Å². The van der Waals surface area contributed by atoms with Crippen LogP contribution in [-0.2, 0) is 16.0 Å². The number of benzene rings is 3. The highest BCUT2D eigenvalue weighted by atomic mass is 35.5. The molecule has 0 radical (unpaired) electrons. The van der Waals surface area contributed by atoms with Crippen molar-refractivity contribution in [2.24, 2.45) is 5.73 Å². The van der Waals surface area contributed by atoms with E-state index < -0.39 is 11.6 Å². The Kier molecular flexibility index (Phi) is 8.43. The van der Waals surface area contributed by atoms with Crippen LogP contribution in [0.15, 0.2) is 91.3 Å². The quantitative estimate of drug-likeness (QED) is 0.229. The average molecular weight is 584 g/mol. The van der Waals surface area contributed by atoms with Gasteiger partial charge in [-0.1, -0.05) is 54.6 Å². The molecule has 0 bridgehead atoms. The molecule has 0 aliphatic carbocycles. The Morgan fingerprint density at radius 1 is 0.952 bits per heavy atom. The second kappa shape index (κ2) is 12.0. The third-order valence-electron chi connectivity index (χ3n) is 8.31. The Balaban J connectivity index is 0.00000353. The van der Waals surface area contributed by atoms with Crippen LogP contribution in [0.1, 0.15) is 43.7 Å². The van der Waals surface area contributed by atoms with Crippen molar-refractivity contribution in [3.63, 3.8) is 0 Å². The van der Waals surface area contributed by atoms with E-state index in [2.05, 4.69) is 69.6 Å². The summed E-state index contributed by atoms with van der Waals surface area (Å²) in [6.45, 7) is 4.60. The maximum absolute atomic E-state index is 13.9. The zero-order valence-electron chi connectivity index (χ0n) is 24.0. The van der Waals surface area contributed by atoms with E-state index in [4.69, 9.17) is 5.73 Å². The van der Waals surface area contributed by atoms with E-state index in [9.17, 15) is 9.59 Å². The lowest BCUT2D eigenvalue weighted by Crippen LogP contribution is -2.57. The van der Waals surface area contributed by atoms with Crippen LogP contribution in [-0.4, -0.2) is 50.9 Å². The first-order chi connectivity index (χ1) is 19.8. The van der Waals surface area contributed by atoms with Gasteiger partial charge in [0.15, 0.2) is 0 Å². The maximum Gasteiger partial charge on any atom is 0.245 e. The lowest BCUT2D eigenvalue weighted by atomic mass is 9.88. The van der Waals surface area contributed by atoms with E-state index in [-0.39, 0.29) is 24.2 Å². The Hall–Kier alpha value is -4.07. The summed E-state index contributed by atoms with van der Waals surface area (Å²) in [7, 11) is 0. The predicted molar refractivity (Wildman–Crippen MR) is 171 cm³/mol. The molecule has 1 atom stereocenters. The zero-order valence-corrected chi connectivity index (χ0v) is 24.9. The number of nitrogens with zero attached hydrogens (tertiary/aromatic N) is 2. The van der Waals surface area contributed by atoms with E-state index in [1.165, 1.54) is 16.5 Å². The molecule has 7 nitrogen and oxygen atoms in total. The van der Waals surface area contributed by atoms with E-state index >= 15 is 0 Å². The molecule has 3 aromatic carbocycles. The third-order valence-corrected chi connectivity index (χ3v) is 8.31. The lowest BCUT2D eigenvalue weighted by Gasteiger charge is -2.35. The molecule has 42 heavy (non-hydrogen) atoms. The Morgan fingerprint density at radius 2 is 1.60 bits per heavy atom. The molecule has 0 unspecified atom stereocenters. The molecule has 5 aromatic rings. The van der Waals surface area contributed by atoms with Crippen molar-refractivity contribution in [2.75, 3.05) is 13.1 Å². The minimum Gasteiger partial charge on any atom is -0.361 e. The van der Waals surface area contributed by atoms with Gasteiger partial charge in [0.1, 0.15) is 6.04 Å². The van der Waals surface area contributed by atoms with E-state index in [1.54, 1.807) is 13.8 Å². The number of likely N-dealkylation sites (tertiary alicyclic amines) is 1. The molecule has 2 aromatic heterocycles. The van der Waals surface area contributed by atoms with Crippen molar-refractivity contribution in [1.82, 2.24) is 19.8 Å². The van der Waals surface area contributed by atoms with Crippen LogP contribution in [0.2, 0.25) is 0 Å². The Labute approximate surface area is 252 Å². The number of rotatable bonds is 7. The summed E-state index contributed by atoms with van der Waals surface area (Å²) in [5.41, 5.74) is 10.7. The third kappa shape index (κ3) is 5.80. The fourth-order valence-corrected chi connectivity index (χ4v) is 6.03. The number of nitrogens with two attached hydrogens (primary N) is 1. The van der Waals surface area contributed by atoms with Gasteiger partial charge in [0.2, 0.25) is 11.8 Å². The number of para-hydroxylation sites is 3. The van der Waals surface area contributed by atoms with Gasteiger partial charge in [0.25, 0.3) is 0 Å². The molecule has 1 fully saturated rings. The van der Waals surface area contributed by atoms with Crippen molar-refractivity contribution < 1.29 is 9.59 Å². The largest absolute Gasteiger partial charge is 0.361 e. The summed E-state index contributed by atoms with van der Waals surface area (Å²) in [6.07, 6.45) is 6.33. The predicted octanol–water partition coefficient (Wildman–Crippen LogP) is 5.70. The molecule has 6 rings (SSSR count). The van der Waals surface area contributed by atoms with Crippen LogP contribution in [0.25, 0.3) is 27.5 Å². The second-order valence-corrected chi connectivity index (χ2v) is 11.7. The van der Waals surface area contributed by atoms with Gasteiger partial charge in [0, 0.05) is 53.9 Å². The topological polar surface area (TPSA) is 96.1 Å². The lowest BCUT2D eigenvalue weighted by molar-refractivity contribution is -0.138. The summed E-state index contributed by atoms with van der Waals surface area (Å²) in [6, 6.07) is 26.3. The number of fused-ring (bicyclic) bond motifs is 2. The van der Waals surface area contributed by atoms with Crippen molar-refractivity contribution in [2.45, 2.75) is 50.6 Å². The number of nitrogens with one attached hydrogen (secondary N) is 2. The molecule has 3 heterocycles. The Morgan fingerprint density at radius 3 is 2.31 bits per heavy atom. The first-order valence-electron chi connectivity index (χ1n) is 14.4. The van der Waals surface area contributed by atoms with E-state index in [0.717, 1.165) is 35.0 Å². The normalized spacial score (nSPS) is 15.0. The smallest absolute Gasteiger partial charge is 0.245 e. The van der Waals surface area contributed by atoms with Crippen molar-refractivity contribution in [1.29, 1.82) is 0 Å². The maximum atomic E-state index is 13.9. The number of aromatic nitrogens is 2. The zero-order chi connectivity index (χ0) is 28.6. The van der Waals surface area contributed by atoms with Crippen LogP contribution in [0.4, 0.5) is 0 Å². The molecule has 8 heteroatoms. The SMILES string of the molecule is CC(C)(N)C(=O)N[C@H](Cc1c[nH]c2ccccc12)C(=O)N1CCC(c2cn(-c3ccccc3)c3ccccc23)CC1.Cl. The number of halogens is 1. The van der Waals surface area contributed by atoms with Crippen LogP contribution in [0.5, 0.6) is 0 Å². The number of H-pyrrole nitrogens is 1. The number of carbonyl (C=O) groups is 2. The summed E-state index contributed by atoms with van der Waals surface area (Å²) >= 11 is 0. The van der Waals surface area contributed by atoms with Gasteiger partial charge in [-0.3, -0.25) is 9.59 Å². The number of hydrogen-bond donors (Lipinski definition) is 3. The van der Waals surface area contributed by atoms with Gasteiger partial charge >= 0.3 is 0 Å².